The van der Waals surface area contributed by atoms with Gasteiger partial charge in [0, 0.05) is 19.8 Å². The van der Waals surface area contributed by atoms with Crippen LogP contribution in [0.4, 0.5) is 5.69 Å². The van der Waals surface area contributed by atoms with E-state index in [1.54, 1.807) is 18.7 Å². The Morgan fingerprint density at radius 3 is 2.77 bits per heavy atom. The summed E-state index contributed by atoms with van der Waals surface area (Å²) in [7, 11) is 1.80. The van der Waals surface area contributed by atoms with Gasteiger partial charge >= 0.3 is 5.97 Å². The number of fused-ring (bicyclic) bond motifs is 2. The first kappa shape index (κ1) is 16.5. The lowest BCUT2D eigenvalue weighted by molar-refractivity contribution is 0.0697. The fourth-order valence-electron chi connectivity index (χ4n) is 3.56. The van der Waals surface area contributed by atoms with E-state index in [4.69, 9.17) is 0 Å². The molecule has 136 valence electrons. The van der Waals surface area contributed by atoms with Gasteiger partial charge in [0.2, 0.25) is 0 Å². The molecule has 26 heavy (non-hydrogen) atoms. The minimum atomic E-state index is -1.01. The first-order valence-corrected chi connectivity index (χ1v) is 8.42. The molecule has 3 aromatic rings. The summed E-state index contributed by atoms with van der Waals surface area (Å²) in [5.74, 6) is -1.01. The summed E-state index contributed by atoms with van der Waals surface area (Å²) in [5, 5.41) is 29.0. The van der Waals surface area contributed by atoms with Crippen molar-refractivity contribution in [3.63, 3.8) is 0 Å². The Balaban J connectivity index is 1.85. The van der Waals surface area contributed by atoms with Crippen LogP contribution < -0.4 is 4.90 Å². The molecule has 4 rings (SSSR count). The number of hydrogen-bond donors (Lipinski definition) is 2. The molecule has 9 nitrogen and oxygen atoms in total. The van der Waals surface area contributed by atoms with Gasteiger partial charge in [0.05, 0.1) is 47.3 Å². The van der Waals surface area contributed by atoms with E-state index in [0.717, 1.165) is 16.8 Å². The van der Waals surface area contributed by atoms with Crippen LogP contribution in [0.15, 0.2) is 12.3 Å². The Bertz CT molecular complexity index is 1020. The number of rotatable bonds is 3. The van der Waals surface area contributed by atoms with E-state index >= 15 is 0 Å². The molecule has 0 unspecified atom stereocenters. The van der Waals surface area contributed by atoms with Crippen molar-refractivity contribution >= 4 is 22.7 Å². The Hall–Kier alpha value is -2.94. The van der Waals surface area contributed by atoms with Crippen molar-refractivity contribution in [3.05, 3.63) is 34.9 Å². The van der Waals surface area contributed by atoms with Crippen LogP contribution in [-0.2, 0) is 20.1 Å². The van der Waals surface area contributed by atoms with Gasteiger partial charge in [0.25, 0.3) is 0 Å². The Morgan fingerprint density at radius 1 is 1.31 bits per heavy atom. The van der Waals surface area contributed by atoms with E-state index in [1.807, 2.05) is 22.6 Å². The van der Waals surface area contributed by atoms with Crippen LogP contribution in [0.3, 0.4) is 0 Å². The van der Waals surface area contributed by atoms with Crippen LogP contribution in [0.1, 0.15) is 40.5 Å². The summed E-state index contributed by atoms with van der Waals surface area (Å²) in [5.41, 5.74) is 3.77. The van der Waals surface area contributed by atoms with Gasteiger partial charge in [-0.2, -0.15) is 10.2 Å². The van der Waals surface area contributed by atoms with E-state index in [2.05, 4.69) is 15.2 Å². The number of anilines is 1. The molecule has 0 amide bonds. The number of carbonyl (C=O) groups is 1. The molecule has 9 heteroatoms. The van der Waals surface area contributed by atoms with E-state index in [9.17, 15) is 15.0 Å². The number of carboxylic acids is 1. The third-order valence-electron chi connectivity index (χ3n) is 4.79. The highest BCUT2D eigenvalue weighted by Gasteiger charge is 2.27. The Morgan fingerprint density at radius 2 is 2.08 bits per heavy atom. The van der Waals surface area contributed by atoms with Crippen LogP contribution in [0.25, 0.3) is 11.0 Å². The van der Waals surface area contributed by atoms with Crippen LogP contribution in [0, 0.1) is 6.92 Å². The number of hydrogen-bond acceptors (Lipinski definition) is 6. The molecule has 0 radical (unpaired) electrons. The van der Waals surface area contributed by atoms with E-state index in [1.165, 1.54) is 6.20 Å². The highest BCUT2D eigenvalue weighted by atomic mass is 16.4. The summed E-state index contributed by atoms with van der Waals surface area (Å²) in [6.45, 7) is 5.28. The second-order valence-corrected chi connectivity index (χ2v) is 6.61. The normalized spacial score (nSPS) is 15.3. The average Bonchev–Trinajstić information content (AvgIpc) is 3.15. The molecule has 1 aliphatic rings. The number of pyridine rings is 1. The highest BCUT2D eigenvalue weighted by Crippen LogP contribution is 2.34. The zero-order valence-electron chi connectivity index (χ0n) is 14.8. The molecule has 3 aromatic heterocycles. The number of aliphatic hydroxyl groups excluding tert-OH is 1. The second-order valence-electron chi connectivity index (χ2n) is 6.61. The molecule has 0 aromatic carbocycles. The predicted molar refractivity (Wildman–Crippen MR) is 94.1 cm³/mol. The van der Waals surface area contributed by atoms with Gasteiger partial charge < -0.3 is 15.1 Å². The van der Waals surface area contributed by atoms with E-state index in [-0.39, 0.29) is 5.56 Å². The minimum absolute atomic E-state index is 0.164. The van der Waals surface area contributed by atoms with Crippen LogP contribution in [-0.4, -0.2) is 47.3 Å². The summed E-state index contributed by atoms with van der Waals surface area (Å²) < 4.78 is 3.53. The van der Waals surface area contributed by atoms with Crippen molar-refractivity contribution in [1.29, 1.82) is 0 Å². The van der Waals surface area contributed by atoms with Gasteiger partial charge in [-0.25, -0.2) is 9.78 Å². The molecule has 1 atom stereocenters. The number of aromatic nitrogens is 5. The Labute approximate surface area is 149 Å². The van der Waals surface area contributed by atoms with Gasteiger partial charge in [-0.15, -0.1) is 0 Å². The topological polar surface area (TPSA) is 109 Å². The average molecular weight is 356 g/mol. The van der Waals surface area contributed by atoms with Crippen molar-refractivity contribution in [1.82, 2.24) is 24.5 Å². The van der Waals surface area contributed by atoms with Crippen LogP contribution in [0.2, 0.25) is 0 Å². The number of aryl methyl sites for hydroxylation is 2. The van der Waals surface area contributed by atoms with Crippen LogP contribution in [0.5, 0.6) is 0 Å². The van der Waals surface area contributed by atoms with E-state index in [0.29, 0.717) is 36.7 Å². The quantitative estimate of drug-likeness (QED) is 0.727. The lowest BCUT2D eigenvalue weighted by Crippen LogP contribution is -2.35. The summed E-state index contributed by atoms with van der Waals surface area (Å²) in [4.78, 5) is 18.1. The maximum Gasteiger partial charge on any atom is 0.339 e. The van der Waals surface area contributed by atoms with Crippen molar-refractivity contribution in [2.45, 2.75) is 33.0 Å². The predicted octanol–water partition coefficient (Wildman–Crippen LogP) is 1.24. The minimum Gasteiger partial charge on any atom is -0.478 e. The number of aromatic carboxylic acids is 1. The second kappa shape index (κ2) is 5.80. The largest absolute Gasteiger partial charge is 0.478 e. The monoisotopic (exact) mass is 356 g/mol. The van der Waals surface area contributed by atoms with Gasteiger partial charge in [-0.05, 0) is 19.9 Å². The Kier molecular flexibility index (Phi) is 3.69. The first-order valence-electron chi connectivity index (χ1n) is 8.42. The van der Waals surface area contributed by atoms with Gasteiger partial charge in [-0.1, -0.05) is 0 Å². The summed E-state index contributed by atoms with van der Waals surface area (Å²) >= 11 is 0. The van der Waals surface area contributed by atoms with E-state index < -0.39 is 12.1 Å². The van der Waals surface area contributed by atoms with Crippen molar-refractivity contribution < 1.29 is 15.0 Å². The van der Waals surface area contributed by atoms with Gasteiger partial charge in [0.15, 0.2) is 5.65 Å². The smallest absolute Gasteiger partial charge is 0.339 e. The molecule has 2 N–H and O–H groups in total. The maximum atomic E-state index is 11.8. The lowest BCUT2D eigenvalue weighted by Gasteiger charge is -2.31. The SMILES string of the molecule is Cc1nn(C)c2ncc(C(=O)O)c(N3CCn4nc([C@@H](C)O)cc4C3)c12. The first-order chi connectivity index (χ1) is 12.4. The molecule has 0 bridgehead atoms. The zero-order valence-corrected chi connectivity index (χ0v) is 14.8. The number of aliphatic hydroxyl groups is 1. The molecular weight excluding hydrogens is 336 g/mol. The molecule has 0 spiro atoms. The summed E-state index contributed by atoms with van der Waals surface area (Å²) in [6.07, 6.45) is 0.762. The van der Waals surface area contributed by atoms with Crippen molar-refractivity contribution in [3.8, 4) is 0 Å². The van der Waals surface area contributed by atoms with Crippen molar-refractivity contribution in [2.24, 2.45) is 7.05 Å². The third-order valence-corrected chi connectivity index (χ3v) is 4.79. The van der Waals surface area contributed by atoms with Crippen molar-refractivity contribution in [2.75, 3.05) is 11.4 Å². The molecule has 0 saturated carbocycles. The van der Waals surface area contributed by atoms with Crippen LogP contribution >= 0.6 is 0 Å². The molecule has 0 fully saturated rings. The fourth-order valence-corrected chi connectivity index (χ4v) is 3.56. The standard InChI is InChI=1S/C17H20N6O3/c1-9-14-15(12(17(25)26)7-18-16(14)21(3)19-9)22-4-5-23-11(8-22)6-13(20-23)10(2)24/h6-7,10,24H,4-5,8H2,1-3H3,(H,25,26)/t10-/m1/s1. The molecule has 1 aliphatic heterocycles. The molecule has 4 heterocycles. The zero-order chi connectivity index (χ0) is 18.6. The maximum absolute atomic E-state index is 11.8. The van der Waals surface area contributed by atoms with Gasteiger partial charge in [-0.3, -0.25) is 9.36 Å². The highest BCUT2D eigenvalue weighted by molar-refractivity contribution is 6.04. The molecule has 0 aliphatic carbocycles. The molecular formula is C17H20N6O3. The fraction of sp³-hybridized carbons (Fsp3) is 0.412. The van der Waals surface area contributed by atoms with Gasteiger partial charge in [0.1, 0.15) is 5.56 Å². The molecule has 0 saturated heterocycles. The third kappa shape index (κ3) is 2.43. The number of nitrogens with zero attached hydrogens (tertiary/aromatic N) is 6. The summed E-state index contributed by atoms with van der Waals surface area (Å²) in [6, 6.07) is 1.87. The number of carboxylic acid groups (broad SMARTS) is 1. The lowest BCUT2D eigenvalue weighted by atomic mass is 10.1.